The van der Waals surface area contributed by atoms with Gasteiger partial charge in [0.05, 0.1) is 0 Å². The van der Waals surface area contributed by atoms with Crippen molar-refractivity contribution in [1.82, 2.24) is 8.96 Å². The smallest absolute Gasteiger partial charge is 0.333 e. The van der Waals surface area contributed by atoms with Gasteiger partial charge in [-0.25, -0.2) is 0 Å². The number of rotatable bonds is 10. The minimum atomic E-state index is -0.266. The van der Waals surface area contributed by atoms with Gasteiger partial charge in [0.1, 0.15) is 0 Å². The van der Waals surface area contributed by atoms with Gasteiger partial charge >= 0.3 is 13.7 Å². The van der Waals surface area contributed by atoms with E-state index in [0.29, 0.717) is 0 Å². The Morgan fingerprint density at radius 2 is 0.551 bits per heavy atom. The summed E-state index contributed by atoms with van der Waals surface area (Å²) in [5.74, 6) is 0. The first-order chi connectivity index (χ1) is 48.7. The highest BCUT2D eigenvalue weighted by Gasteiger charge is 2.49. The summed E-state index contributed by atoms with van der Waals surface area (Å²) in [6.45, 7) is -0.531. The summed E-state index contributed by atoms with van der Waals surface area (Å²) in [7, 11) is 0. The van der Waals surface area contributed by atoms with Crippen LogP contribution in [0, 0.1) is 0 Å². The fraction of sp³-hybridized carbons (Fsp3) is 0. The van der Waals surface area contributed by atoms with Crippen molar-refractivity contribution in [1.29, 1.82) is 0 Å². The second-order valence-electron chi connectivity index (χ2n) is 26.3. The molecule has 17 aromatic rings. The van der Waals surface area contributed by atoms with Crippen molar-refractivity contribution in [3.8, 4) is 44.5 Å². The lowest BCUT2D eigenvalue weighted by Crippen LogP contribution is -2.61. The molecular weight excluding hydrogens is 1190 g/mol. The molecule has 0 radical (unpaired) electrons. The largest absolute Gasteiger partial charge is 0.375 e. The first-order valence-electron chi connectivity index (χ1n) is 34.0. The monoisotopic (exact) mass is 1240 g/mol. The summed E-state index contributed by atoms with van der Waals surface area (Å²) in [4.78, 5) is 10.1. The van der Waals surface area contributed by atoms with Crippen LogP contribution in [-0.2, 0) is 0 Å². The van der Waals surface area contributed by atoms with Crippen LogP contribution in [0.15, 0.2) is 352 Å². The number of nitrogens with zero attached hydrogens (tertiary/aromatic N) is 6. The molecule has 4 aliphatic heterocycles. The highest BCUT2D eigenvalue weighted by Crippen LogP contribution is 2.54. The van der Waals surface area contributed by atoms with E-state index in [1.54, 1.807) is 0 Å². The maximum Gasteiger partial charge on any atom is 0.333 e. The van der Waals surface area contributed by atoms with Gasteiger partial charge in [0.15, 0.2) is 0 Å². The van der Waals surface area contributed by atoms with Gasteiger partial charge in [-0.2, -0.15) is 0 Å². The molecule has 0 saturated carbocycles. The molecule has 21 rings (SSSR count). The predicted molar refractivity (Wildman–Crippen MR) is 414 cm³/mol. The molecule has 0 amide bonds. The van der Waals surface area contributed by atoms with E-state index in [0.717, 1.165) is 68.2 Å². The summed E-state index contributed by atoms with van der Waals surface area (Å²) in [6.07, 6.45) is 0. The Morgan fingerprint density at radius 3 is 0.918 bits per heavy atom. The molecule has 6 nitrogen and oxygen atoms in total. The summed E-state index contributed by atoms with van der Waals surface area (Å²) in [5, 5.41) is 4.96. The van der Waals surface area contributed by atoms with E-state index < -0.39 is 0 Å². The molecule has 4 aliphatic rings. The van der Waals surface area contributed by atoms with E-state index in [4.69, 9.17) is 0 Å². The Morgan fingerprint density at radius 1 is 0.224 bits per heavy atom. The molecule has 0 spiro atoms. The quantitative estimate of drug-likeness (QED) is 0.127. The molecule has 98 heavy (non-hydrogen) atoms. The zero-order chi connectivity index (χ0) is 64.1. The first kappa shape index (κ1) is 54.6. The minimum absolute atomic E-state index is 0.266. The van der Waals surface area contributed by atoms with Crippen molar-refractivity contribution in [3.63, 3.8) is 0 Å². The molecule has 0 N–H and O–H groups in total. The van der Waals surface area contributed by atoms with Crippen molar-refractivity contribution in [2.45, 2.75) is 0 Å². The van der Waals surface area contributed by atoms with E-state index in [2.05, 4.69) is 380 Å². The lowest BCUT2D eigenvalue weighted by molar-refractivity contribution is 1.21. The zero-order valence-corrected chi connectivity index (χ0v) is 53.3. The Labute approximate surface area is 568 Å². The van der Waals surface area contributed by atoms with E-state index >= 15 is 0 Å². The summed E-state index contributed by atoms with van der Waals surface area (Å²) in [5.41, 5.74) is 32.7. The Kier molecular flexibility index (Phi) is 11.9. The van der Waals surface area contributed by atoms with Gasteiger partial charge in [-0.15, -0.1) is 0 Å². The molecule has 0 aliphatic carbocycles. The van der Waals surface area contributed by atoms with Crippen LogP contribution >= 0.6 is 0 Å². The molecule has 6 heterocycles. The first-order valence-corrected chi connectivity index (χ1v) is 34.0. The van der Waals surface area contributed by atoms with E-state index in [1.165, 1.54) is 110 Å². The van der Waals surface area contributed by atoms with Gasteiger partial charge in [0.25, 0.3) is 0 Å². The molecule has 15 aromatic carbocycles. The number of aromatic nitrogens is 2. The van der Waals surface area contributed by atoms with Gasteiger partial charge in [-0.3, -0.25) is 0 Å². The second kappa shape index (κ2) is 21.4. The van der Waals surface area contributed by atoms with Crippen molar-refractivity contribution < 1.29 is 0 Å². The average Bonchev–Trinajstić information content (AvgIpc) is 1.31. The van der Waals surface area contributed by atoms with Crippen LogP contribution in [0.4, 0.5) is 68.2 Å². The topological polar surface area (TPSA) is 22.8 Å². The minimum Gasteiger partial charge on any atom is -0.375 e. The van der Waals surface area contributed by atoms with Crippen molar-refractivity contribution in [3.05, 3.63) is 352 Å². The van der Waals surface area contributed by atoms with Gasteiger partial charge in [0, 0.05) is 123 Å². The number of benzene rings is 15. The lowest BCUT2D eigenvalue weighted by Gasteiger charge is -2.45. The third-order valence-electron chi connectivity index (χ3n) is 21.1. The van der Waals surface area contributed by atoms with Gasteiger partial charge < -0.3 is 28.6 Å². The average molecular weight is 1250 g/mol. The maximum atomic E-state index is 2.73. The highest BCUT2D eigenvalue weighted by molar-refractivity contribution is 6.93. The zero-order valence-electron chi connectivity index (χ0n) is 53.3. The number of anilines is 12. The van der Waals surface area contributed by atoms with Crippen LogP contribution in [-0.4, -0.2) is 22.7 Å². The van der Waals surface area contributed by atoms with Crippen LogP contribution in [0.1, 0.15) is 0 Å². The third-order valence-corrected chi connectivity index (χ3v) is 21.1. The maximum absolute atomic E-state index is 2.73. The Balaban J connectivity index is 0.924. The molecule has 0 bridgehead atoms. The lowest BCUT2D eigenvalue weighted by atomic mass is 9.41. The molecule has 0 fully saturated rings. The van der Waals surface area contributed by atoms with Crippen molar-refractivity contribution >= 4 is 147 Å². The number of hydrogen-bond acceptors (Lipinski definition) is 4. The van der Waals surface area contributed by atoms with Crippen LogP contribution < -0.4 is 41.5 Å². The molecule has 454 valence electrons. The van der Waals surface area contributed by atoms with Gasteiger partial charge in [-0.1, -0.05) is 212 Å². The van der Waals surface area contributed by atoms with E-state index in [1.807, 2.05) is 0 Å². The standard InChI is InChI=1S/C90H58B2N6/c1-9-29-59(30-10-1)61-49-75-71-45-25-27-47-81(71)97-89(75)77(51-61)73-53-69(93(63-33-13-3-14-34-63)64-35-15-4-16-36-64)55-85-87(73)91(97)79-57-80-84(58-83(79)95(85)67-41-21-7-22-42-67)96(68-43-23-8-24-44-68)86-56-70(94(65-37-17-5-18-38-65)66-39-19-6-20-40-66)54-74-78-52-62(60-31-11-2-12-32-60)50-76-72-46-26-28-48-82(72)98(90(76)78)92(80)88(74)86/h1-58H. The second-order valence-corrected chi connectivity index (χ2v) is 26.3. The van der Waals surface area contributed by atoms with Crippen LogP contribution in [0.2, 0.25) is 0 Å². The van der Waals surface area contributed by atoms with Crippen LogP contribution in [0.25, 0.3) is 88.1 Å². The number of hydrogen-bond donors (Lipinski definition) is 0. The molecular formula is C90H58B2N6. The Hall–Kier alpha value is -12.8. The highest BCUT2D eigenvalue weighted by atomic mass is 15.2. The number of fused-ring (bicyclic) bond motifs is 14. The fourth-order valence-electron chi connectivity index (χ4n) is 17.2. The molecule has 0 atom stereocenters. The molecule has 8 heteroatoms. The van der Waals surface area contributed by atoms with Crippen molar-refractivity contribution in [2.75, 3.05) is 19.6 Å². The molecule has 2 aromatic heterocycles. The predicted octanol–water partition coefficient (Wildman–Crippen LogP) is 21.0. The fourth-order valence-corrected chi connectivity index (χ4v) is 17.2. The summed E-state index contributed by atoms with van der Waals surface area (Å²) in [6, 6.07) is 131. The van der Waals surface area contributed by atoms with E-state index in [9.17, 15) is 0 Å². The van der Waals surface area contributed by atoms with Crippen molar-refractivity contribution in [2.24, 2.45) is 0 Å². The summed E-state index contributed by atoms with van der Waals surface area (Å²) < 4.78 is 5.46. The van der Waals surface area contributed by atoms with Gasteiger partial charge in [0.2, 0.25) is 0 Å². The number of para-hydroxylation sites is 8. The summed E-state index contributed by atoms with van der Waals surface area (Å²) >= 11 is 0. The van der Waals surface area contributed by atoms with Crippen LogP contribution in [0.3, 0.4) is 0 Å². The normalized spacial score (nSPS) is 12.8. The third kappa shape index (κ3) is 8.00. The van der Waals surface area contributed by atoms with E-state index in [-0.39, 0.29) is 13.7 Å². The van der Waals surface area contributed by atoms with Gasteiger partial charge in [-0.05, 0) is 195 Å². The van der Waals surface area contributed by atoms with Crippen LogP contribution in [0.5, 0.6) is 0 Å². The Bertz CT molecular complexity index is 5620. The SMILES string of the molecule is c1ccc(-c2cc3c4c(c2)c2ccccc2n4B2c4cc5c(cc4N(c4ccccc4)c4cc(N(c6ccccc6)c6ccccc6)cc-3c42)N(c2ccccc2)c2cc(N(c3ccccc3)c3ccccc3)cc3c2B5n2c4ccccc4c4cc(-c5ccccc5)cc-3c42)cc1. The molecule has 0 unspecified atom stereocenters. The molecule has 0 saturated heterocycles.